The maximum atomic E-state index is 12.1. The second-order valence-electron chi connectivity index (χ2n) is 6.39. The maximum Gasteiger partial charge on any atom is 0.573 e. The molecule has 1 fully saturated rings. The molecule has 1 saturated heterocycles. The van der Waals surface area contributed by atoms with Gasteiger partial charge < -0.3 is 20.7 Å². The van der Waals surface area contributed by atoms with Gasteiger partial charge in [-0.15, -0.1) is 24.5 Å². The third kappa shape index (κ3) is 6.29. The van der Waals surface area contributed by atoms with Crippen molar-refractivity contribution < 1.29 is 17.9 Å². The Hall–Kier alpha value is -2.49. The number of hydrogen-bond acceptors (Lipinski definition) is 5. The van der Waals surface area contributed by atoms with E-state index in [9.17, 15) is 13.2 Å². The largest absolute Gasteiger partial charge is 0.573 e. The number of aromatic nitrogens is 1. The van der Waals surface area contributed by atoms with E-state index in [1.165, 1.54) is 37.1 Å². The number of halogens is 3. The summed E-state index contributed by atoms with van der Waals surface area (Å²) in [5, 5.41) is 6.17. The van der Waals surface area contributed by atoms with Crippen molar-refractivity contribution in [2.75, 3.05) is 24.5 Å². The first-order valence-electron chi connectivity index (χ1n) is 8.97. The van der Waals surface area contributed by atoms with Crippen molar-refractivity contribution in [3.05, 3.63) is 40.9 Å². The van der Waals surface area contributed by atoms with E-state index in [0.717, 1.165) is 35.9 Å². The number of nitrogens with one attached hydrogen (secondary N) is 1. The fourth-order valence-corrected chi connectivity index (χ4v) is 3.73. The summed E-state index contributed by atoms with van der Waals surface area (Å²) in [6.07, 6.45) is -1.51. The summed E-state index contributed by atoms with van der Waals surface area (Å²) in [6.45, 7) is 3.03. The van der Waals surface area contributed by atoms with Crippen LogP contribution < -0.4 is 20.7 Å². The van der Waals surface area contributed by atoms with Crippen LogP contribution in [-0.2, 0) is 13.0 Å². The summed E-state index contributed by atoms with van der Waals surface area (Å²) in [6, 6.07) is 5.55. The molecule has 10 heteroatoms. The minimum atomic E-state index is -4.69. The van der Waals surface area contributed by atoms with Gasteiger partial charge in [-0.2, -0.15) is 0 Å². The predicted molar refractivity (Wildman–Crippen MR) is 104 cm³/mol. The van der Waals surface area contributed by atoms with Crippen LogP contribution in [0, 0.1) is 0 Å². The summed E-state index contributed by atoms with van der Waals surface area (Å²) in [5.41, 5.74) is 7.59. The van der Waals surface area contributed by atoms with Gasteiger partial charge in [-0.3, -0.25) is 0 Å². The molecule has 0 amide bonds. The summed E-state index contributed by atoms with van der Waals surface area (Å²) in [7, 11) is 0. The van der Waals surface area contributed by atoms with E-state index in [-0.39, 0.29) is 18.3 Å². The Balaban J connectivity index is 1.41. The molecule has 1 aliphatic rings. The smallest absolute Gasteiger partial charge is 0.406 e. The van der Waals surface area contributed by atoms with Crippen molar-refractivity contribution in [1.29, 1.82) is 0 Å². The van der Waals surface area contributed by atoms with E-state index in [1.54, 1.807) is 11.3 Å². The number of benzene rings is 1. The van der Waals surface area contributed by atoms with Gasteiger partial charge in [0.25, 0.3) is 0 Å². The Morgan fingerprint density at radius 1 is 1.25 bits per heavy atom. The summed E-state index contributed by atoms with van der Waals surface area (Å²) in [5.74, 6) is 0.0218. The normalized spacial score (nSPS) is 15.1. The number of anilines is 1. The first-order valence-corrected chi connectivity index (χ1v) is 9.85. The molecule has 0 radical (unpaired) electrons. The molecule has 152 valence electrons. The number of aliphatic imine (C=N–C) groups is 1. The van der Waals surface area contributed by atoms with Crippen LogP contribution in [-0.4, -0.2) is 36.9 Å². The van der Waals surface area contributed by atoms with Gasteiger partial charge in [0.2, 0.25) is 0 Å². The van der Waals surface area contributed by atoms with E-state index in [1.807, 2.05) is 0 Å². The van der Waals surface area contributed by atoms with E-state index in [2.05, 4.69) is 30.3 Å². The maximum absolute atomic E-state index is 12.1. The number of nitrogens with zero attached hydrogens (tertiary/aromatic N) is 3. The lowest BCUT2D eigenvalue weighted by Crippen LogP contribution is -2.33. The molecule has 3 rings (SSSR count). The van der Waals surface area contributed by atoms with Gasteiger partial charge in [0.1, 0.15) is 5.75 Å². The van der Waals surface area contributed by atoms with Crippen molar-refractivity contribution >= 4 is 22.4 Å². The first kappa shape index (κ1) is 20.2. The Morgan fingerprint density at radius 3 is 2.64 bits per heavy atom. The predicted octanol–water partition coefficient (Wildman–Crippen LogP) is 3.29. The molecule has 0 atom stereocenters. The first-order chi connectivity index (χ1) is 13.4. The second kappa shape index (κ2) is 9.13. The zero-order valence-electron chi connectivity index (χ0n) is 15.2. The van der Waals surface area contributed by atoms with Crippen LogP contribution in [0.4, 0.5) is 18.3 Å². The van der Waals surface area contributed by atoms with Crippen molar-refractivity contribution in [2.45, 2.75) is 32.2 Å². The molecule has 3 N–H and O–H groups in total. The van der Waals surface area contributed by atoms with Gasteiger partial charge in [0.15, 0.2) is 11.1 Å². The number of guanidine groups is 1. The van der Waals surface area contributed by atoms with Crippen LogP contribution in [0.3, 0.4) is 0 Å². The molecule has 2 aromatic rings. The van der Waals surface area contributed by atoms with E-state index in [0.29, 0.717) is 6.54 Å². The topological polar surface area (TPSA) is 75.8 Å². The van der Waals surface area contributed by atoms with E-state index in [4.69, 9.17) is 5.73 Å². The highest BCUT2D eigenvalue weighted by molar-refractivity contribution is 7.13. The molecule has 1 aliphatic heterocycles. The van der Waals surface area contributed by atoms with Gasteiger partial charge in [-0.25, -0.2) is 9.98 Å². The fraction of sp³-hybridized carbons (Fsp3) is 0.444. The molecule has 0 unspecified atom stereocenters. The lowest BCUT2D eigenvalue weighted by atomic mass is 10.2. The van der Waals surface area contributed by atoms with Gasteiger partial charge in [-0.1, -0.05) is 12.1 Å². The summed E-state index contributed by atoms with van der Waals surface area (Å²) >= 11 is 1.66. The van der Waals surface area contributed by atoms with E-state index >= 15 is 0 Å². The minimum absolute atomic E-state index is 0.261. The Kier molecular flexibility index (Phi) is 6.61. The van der Waals surface area contributed by atoms with Crippen LogP contribution in [0.5, 0.6) is 5.75 Å². The van der Waals surface area contributed by atoms with Crippen LogP contribution in [0.15, 0.2) is 34.6 Å². The molecule has 6 nitrogen and oxygen atoms in total. The lowest BCUT2D eigenvalue weighted by Gasteiger charge is -2.12. The zero-order chi connectivity index (χ0) is 20.0. The lowest BCUT2D eigenvalue weighted by molar-refractivity contribution is -0.274. The zero-order valence-corrected chi connectivity index (χ0v) is 16.0. The number of thiazole rings is 1. The molecular formula is C18H22F3N5OS. The van der Waals surface area contributed by atoms with Crippen LogP contribution in [0.2, 0.25) is 0 Å². The average molecular weight is 413 g/mol. The molecule has 0 bridgehead atoms. The van der Waals surface area contributed by atoms with Crippen molar-refractivity contribution in [1.82, 2.24) is 10.3 Å². The highest BCUT2D eigenvalue weighted by Gasteiger charge is 2.30. The molecule has 1 aromatic carbocycles. The number of nitrogens with two attached hydrogens (primary N) is 1. The highest BCUT2D eigenvalue weighted by Crippen LogP contribution is 2.24. The fourth-order valence-electron chi connectivity index (χ4n) is 2.81. The summed E-state index contributed by atoms with van der Waals surface area (Å²) in [4.78, 5) is 11.1. The molecule has 2 heterocycles. The molecule has 1 aromatic heterocycles. The molecule has 0 saturated carbocycles. The van der Waals surface area contributed by atoms with E-state index < -0.39 is 6.36 Å². The quantitative estimate of drug-likeness (QED) is 0.538. The number of hydrogen-bond donors (Lipinski definition) is 2. The Labute approximate surface area is 165 Å². The monoisotopic (exact) mass is 413 g/mol. The van der Waals surface area contributed by atoms with Crippen LogP contribution in [0.1, 0.15) is 24.1 Å². The Bertz CT molecular complexity index is 785. The van der Waals surface area contributed by atoms with Gasteiger partial charge in [-0.05, 0) is 30.5 Å². The minimum Gasteiger partial charge on any atom is -0.406 e. The molecule has 28 heavy (non-hydrogen) atoms. The molecule has 0 spiro atoms. The second-order valence-corrected chi connectivity index (χ2v) is 7.22. The third-order valence-corrected chi connectivity index (χ3v) is 5.14. The highest BCUT2D eigenvalue weighted by atomic mass is 32.1. The van der Waals surface area contributed by atoms with Crippen LogP contribution in [0.25, 0.3) is 0 Å². The third-order valence-electron chi connectivity index (χ3n) is 4.19. The molecule has 0 aliphatic carbocycles. The van der Waals surface area contributed by atoms with Crippen LogP contribution >= 0.6 is 11.3 Å². The van der Waals surface area contributed by atoms with Gasteiger partial charge in [0, 0.05) is 31.4 Å². The van der Waals surface area contributed by atoms with Gasteiger partial charge in [0.05, 0.1) is 12.2 Å². The van der Waals surface area contributed by atoms with Crippen molar-refractivity contribution in [3.8, 4) is 5.75 Å². The van der Waals surface area contributed by atoms with Crippen molar-refractivity contribution in [3.63, 3.8) is 0 Å². The number of alkyl halides is 3. The SMILES string of the molecule is NC(=NCc1ccc(OC(F)(F)F)cc1)NCCc1csc(N2CCCC2)n1. The molecular weight excluding hydrogens is 391 g/mol. The standard InChI is InChI=1S/C18H22F3N5OS/c19-18(20,21)27-15-5-3-13(4-6-15)11-24-16(22)23-8-7-14-12-28-17(25-14)26-9-1-2-10-26/h3-6,12H,1-2,7-11H2,(H3,22,23,24). The van der Waals surface area contributed by atoms with Crippen molar-refractivity contribution in [2.24, 2.45) is 10.7 Å². The summed E-state index contributed by atoms with van der Waals surface area (Å²) < 4.78 is 40.3. The van der Waals surface area contributed by atoms with Gasteiger partial charge >= 0.3 is 6.36 Å². The average Bonchev–Trinajstić information content (AvgIpc) is 3.31. The number of ether oxygens (including phenoxy) is 1. The Morgan fingerprint density at radius 2 is 1.96 bits per heavy atom. The number of rotatable bonds is 7.